The molecular formula is C25H27N5O2. The van der Waals surface area contributed by atoms with Crippen molar-refractivity contribution in [3.05, 3.63) is 84.2 Å². The van der Waals surface area contributed by atoms with E-state index in [0.717, 1.165) is 56.5 Å². The minimum Gasteiger partial charge on any atom is -0.489 e. The zero-order chi connectivity index (χ0) is 21.8. The Hall–Kier alpha value is -3.45. The number of nitrogens with zero attached hydrogens (tertiary/aromatic N) is 5. The largest absolute Gasteiger partial charge is 0.489 e. The van der Waals surface area contributed by atoms with Crippen molar-refractivity contribution in [2.24, 2.45) is 0 Å². The summed E-state index contributed by atoms with van der Waals surface area (Å²) >= 11 is 0. The second-order valence-electron chi connectivity index (χ2n) is 8.23. The smallest absolute Gasteiger partial charge is 0.253 e. The van der Waals surface area contributed by atoms with Crippen LogP contribution in [0.3, 0.4) is 0 Å². The third-order valence-corrected chi connectivity index (χ3v) is 6.16. The first-order valence-electron chi connectivity index (χ1n) is 11.1. The van der Waals surface area contributed by atoms with Crippen LogP contribution in [0.25, 0.3) is 0 Å². The van der Waals surface area contributed by atoms with Gasteiger partial charge in [0.2, 0.25) is 5.95 Å². The lowest BCUT2D eigenvalue weighted by molar-refractivity contribution is 0.0246. The van der Waals surface area contributed by atoms with Gasteiger partial charge in [-0.05, 0) is 35.9 Å². The fourth-order valence-corrected chi connectivity index (χ4v) is 4.21. The Morgan fingerprint density at radius 1 is 0.875 bits per heavy atom. The molecule has 0 spiro atoms. The third-order valence-electron chi connectivity index (χ3n) is 6.16. The van der Waals surface area contributed by atoms with E-state index in [9.17, 15) is 4.79 Å². The van der Waals surface area contributed by atoms with Gasteiger partial charge in [0.05, 0.1) is 0 Å². The standard InChI is InChI=1S/C25H27N5O2/c31-24(21-7-9-23(10-8-21)32-19-20-5-2-1-3-6-20)30-17-22(18-30)28-13-15-29(16-14-28)25-26-11-4-12-27-25/h1-12,22H,13-19H2. The lowest BCUT2D eigenvalue weighted by Gasteiger charge is -2.48. The summed E-state index contributed by atoms with van der Waals surface area (Å²) in [5.74, 6) is 1.66. The third kappa shape index (κ3) is 4.57. The summed E-state index contributed by atoms with van der Waals surface area (Å²) in [5, 5.41) is 0. The highest BCUT2D eigenvalue weighted by atomic mass is 16.5. The van der Waals surface area contributed by atoms with E-state index in [1.165, 1.54) is 0 Å². The van der Waals surface area contributed by atoms with Gasteiger partial charge in [0, 0.05) is 63.3 Å². The molecule has 1 amide bonds. The summed E-state index contributed by atoms with van der Waals surface area (Å²) in [6.07, 6.45) is 3.57. The molecule has 2 aromatic carbocycles. The van der Waals surface area contributed by atoms with Crippen molar-refractivity contribution in [3.8, 4) is 5.75 Å². The zero-order valence-corrected chi connectivity index (χ0v) is 18.0. The van der Waals surface area contributed by atoms with Crippen molar-refractivity contribution < 1.29 is 9.53 Å². The fourth-order valence-electron chi connectivity index (χ4n) is 4.21. The van der Waals surface area contributed by atoms with E-state index < -0.39 is 0 Å². The highest BCUT2D eigenvalue weighted by Crippen LogP contribution is 2.22. The first kappa shape index (κ1) is 20.5. The van der Waals surface area contributed by atoms with Crippen molar-refractivity contribution in [2.75, 3.05) is 44.2 Å². The molecule has 0 N–H and O–H groups in total. The molecule has 2 aliphatic heterocycles. The van der Waals surface area contributed by atoms with E-state index in [1.54, 1.807) is 12.4 Å². The molecule has 1 aromatic heterocycles. The molecule has 5 rings (SSSR count). The summed E-state index contributed by atoms with van der Waals surface area (Å²) < 4.78 is 5.82. The number of carbonyl (C=O) groups is 1. The number of piperazine rings is 1. The number of anilines is 1. The molecule has 0 atom stereocenters. The first-order chi connectivity index (χ1) is 15.8. The van der Waals surface area contributed by atoms with E-state index in [-0.39, 0.29) is 5.91 Å². The molecule has 7 nitrogen and oxygen atoms in total. The van der Waals surface area contributed by atoms with Crippen LogP contribution in [0.2, 0.25) is 0 Å². The number of aromatic nitrogens is 2. The first-order valence-corrected chi connectivity index (χ1v) is 11.1. The van der Waals surface area contributed by atoms with Gasteiger partial charge in [0.25, 0.3) is 5.91 Å². The molecular weight excluding hydrogens is 402 g/mol. The Kier molecular flexibility index (Phi) is 5.98. The highest BCUT2D eigenvalue weighted by Gasteiger charge is 2.36. The second kappa shape index (κ2) is 9.36. The number of rotatable bonds is 6. The Morgan fingerprint density at radius 3 is 2.25 bits per heavy atom. The van der Waals surface area contributed by atoms with Crippen molar-refractivity contribution in [1.82, 2.24) is 19.8 Å². The quantitative estimate of drug-likeness (QED) is 0.601. The van der Waals surface area contributed by atoms with E-state index in [4.69, 9.17) is 4.74 Å². The summed E-state index contributed by atoms with van der Waals surface area (Å²) in [4.78, 5) is 28.1. The number of hydrogen-bond donors (Lipinski definition) is 0. The predicted molar refractivity (Wildman–Crippen MR) is 123 cm³/mol. The molecule has 2 aliphatic rings. The maximum absolute atomic E-state index is 12.8. The molecule has 2 fully saturated rings. The topological polar surface area (TPSA) is 61.8 Å². The average Bonchev–Trinajstić information content (AvgIpc) is 2.84. The molecule has 0 bridgehead atoms. The van der Waals surface area contributed by atoms with Crippen LogP contribution in [0.5, 0.6) is 5.75 Å². The highest BCUT2D eigenvalue weighted by molar-refractivity contribution is 5.95. The molecule has 0 saturated carbocycles. The normalized spacial score (nSPS) is 17.1. The van der Waals surface area contributed by atoms with Crippen LogP contribution in [0.15, 0.2) is 73.1 Å². The number of ether oxygens (including phenoxy) is 1. The van der Waals surface area contributed by atoms with Gasteiger partial charge in [-0.15, -0.1) is 0 Å². The van der Waals surface area contributed by atoms with Gasteiger partial charge in [0.15, 0.2) is 0 Å². The van der Waals surface area contributed by atoms with Gasteiger partial charge in [-0.3, -0.25) is 9.69 Å². The maximum Gasteiger partial charge on any atom is 0.253 e. The molecule has 0 unspecified atom stereocenters. The Balaban J connectivity index is 1.08. The van der Waals surface area contributed by atoms with Gasteiger partial charge in [-0.1, -0.05) is 30.3 Å². The summed E-state index contributed by atoms with van der Waals surface area (Å²) in [6, 6.07) is 19.8. The maximum atomic E-state index is 12.8. The summed E-state index contributed by atoms with van der Waals surface area (Å²) in [6.45, 7) is 5.86. The van der Waals surface area contributed by atoms with Crippen LogP contribution in [-0.2, 0) is 6.61 Å². The average molecular weight is 430 g/mol. The van der Waals surface area contributed by atoms with Crippen molar-refractivity contribution in [3.63, 3.8) is 0 Å². The van der Waals surface area contributed by atoms with Gasteiger partial charge < -0.3 is 14.5 Å². The number of hydrogen-bond acceptors (Lipinski definition) is 6. The van der Waals surface area contributed by atoms with Crippen LogP contribution < -0.4 is 9.64 Å². The van der Waals surface area contributed by atoms with E-state index in [2.05, 4.69) is 19.8 Å². The van der Waals surface area contributed by atoms with Crippen molar-refractivity contribution in [2.45, 2.75) is 12.6 Å². The van der Waals surface area contributed by atoms with E-state index in [0.29, 0.717) is 18.2 Å². The number of carbonyl (C=O) groups excluding carboxylic acids is 1. The lowest BCUT2D eigenvalue weighted by Crippen LogP contribution is -2.64. The lowest BCUT2D eigenvalue weighted by atomic mass is 10.0. The Labute approximate surface area is 188 Å². The Bertz CT molecular complexity index is 1020. The van der Waals surface area contributed by atoms with Gasteiger partial charge >= 0.3 is 0 Å². The molecule has 3 heterocycles. The fraction of sp³-hybridized carbons (Fsp3) is 0.320. The molecule has 32 heavy (non-hydrogen) atoms. The number of amides is 1. The van der Waals surface area contributed by atoms with Crippen LogP contribution >= 0.6 is 0 Å². The predicted octanol–water partition coefficient (Wildman–Crippen LogP) is 2.70. The van der Waals surface area contributed by atoms with Gasteiger partial charge in [-0.25, -0.2) is 9.97 Å². The Morgan fingerprint density at radius 2 is 1.56 bits per heavy atom. The molecule has 2 saturated heterocycles. The monoisotopic (exact) mass is 429 g/mol. The van der Waals surface area contributed by atoms with E-state index in [1.807, 2.05) is 65.6 Å². The van der Waals surface area contributed by atoms with Crippen LogP contribution in [0.4, 0.5) is 5.95 Å². The van der Waals surface area contributed by atoms with Crippen LogP contribution in [0, 0.1) is 0 Å². The molecule has 164 valence electrons. The van der Waals surface area contributed by atoms with Crippen molar-refractivity contribution in [1.29, 1.82) is 0 Å². The van der Waals surface area contributed by atoms with E-state index >= 15 is 0 Å². The summed E-state index contributed by atoms with van der Waals surface area (Å²) in [7, 11) is 0. The molecule has 0 aliphatic carbocycles. The number of benzene rings is 2. The molecule has 0 radical (unpaired) electrons. The SMILES string of the molecule is O=C(c1ccc(OCc2ccccc2)cc1)N1CC(N2CCN(c3ncccn3)CC2)C1. The van der Waals surface area contributed by atoms with Crippen LogP contribution in [0.1, 0.15) is 15.9 Å². The minimum atomic E-state index is 0.0900. The number of likely N-dealkylation sites (tertiary alicyclic amines) is 1. The van der Waals surface area contributed by atoms with Crippen molar-refractivity contribution >= 4 is 11.9 Å². The van der Waals surface area contributed by atoms with Crippen LogP contribution in [-0.4, -0.2) is 71.0 Å². The van der Waals surface area contributed by atoms with Gasteiger partial charge in [-0.2, -0.15) is 0 Å². The molecule has 7 heteroatoms. The zero-order valence-electron chi connectivity index (χ0n) is 18.0. The summed E-state index contributed by atoms with van der Waals surface area (Å²) in [5.41, 5.74) is 1.83. The molecule has 3 aromatic rings. The van der Waals surface area contributed by atoms with Gasteiger partial charge in [0.1, 0.15) is 12.4 Å². The second-order valence-corrected chi connectivity index (χ2v) is 8.23. The minimum absolute atomic E-state index is 0.0900.